The van der Waals surface area contributed by atoms with Crippen molar-refractivity contribution in [2.24, 2.45) is 0 Å². The van der Waals surface area contributed by atoms with E-state index in [-0.39, 0.29) is 12.6 Å². The highest BCUT2D eigenvalue weighted by Crippen LogP contribution is 2.26. The summed E-state index contributed by atoms with van der Waals surface area (Å²) in [6, 6.07) is 15.9. The molecule has 2 aromatic carbocycles. The Balaban J connectivity index is 1.51. The number of benzene rings is 2. The first-order chi connectivity index (χ1) is 12.7. The average molecular weight is 355 g/mol. The summed E-state index contributed by atoms with van der Waals surface area (Å²) < 4.78 is 10.9. The fourth-order valence-corrected chi connectivity index (χ4v) is 2.99. The normalized spacial score (nSPS) is 13.7. The van der Waals surface area contributed by atoms with Crippen LogP contribution in [0.1, 0.15) is 24.4 Å². The van der Waals surface area contributed by atoms with Gasteiger partial charge in [-0.05, 0) is 31.0 Å². The molecule has 0 saturated carbocycles. The summed E-state index contributed by atoms with van der Waals surface area (Å²) in [5, 5.41) is 24.5. The standard InChI is InChI=1S/C21H25NO4/c1-15(12-16-6-8-18(9-7-16)25-11-10-23)22-13-20(24)21-19-5-3-2-4-17(19)14-26-21/h2-9,14-15,20,22-24H,10-13H2,1H3. The Morgan fingerprint density at radius 2 is 1.88 bits per heavy atom. The maximum Gasteiger partial charge on any atom is 0.141 e. The van der Waals surface area contributed by atoms with Crippen LogP contribution in [-0.4, -0.2) is 36.0 Å². The lowest BCUT2D eigenvalue weighted by molar-refractivity contribution is 0.146. The molecular formula is C21H25NO4. The molecule has 5 heteroatoms. The number of hydrogen-bond donors (Lipinski definition) is 3. The van der Waals surface area contributed by atoms with Crippen LogP contribution in [0, 0.1) is 0 Å². The lowest BCUT2D eigenvalue weighted by atomic mass is 10.1. The van der Waals surface area contributed by atoms with Crippen molar-refractivity contribution in [1.29, 1.82) is 0 Å². The fraction of sp³-hybridized carbons (Fsp3) is 0.333. The predicted molar refractivity (Wildman–Crippen MR) is 101 cm³/mol. The zero-order valence-electron chi connectivity index (χ0n) is 14.9. The fourth-order valence-electron chi connectivity index (χ4n) is 2.99. The van der Waals surface area contributed by atoms with E-state index in [0.29, 0.717) is 18.9 Å². The van der Waals surface area contributed by atoms with Gasteiger partial charge in [0.25, 0.3) is 0 Å². The zero-order valence-corrected chi connectivity index (χ0v) is 14.9. The number of rotatable bonds is 9. The van der Waals surface area contributed by atoms with E-state index in [2.05, 4.69) is 12.2 Å². The summed E-state index contributed by atoms with van der Waals surface area (Å²) >= 11 is 0. The Kier molecular flexibility index (Phi) is 6.28. The Bertz CT molecular complexity index is 812. The minimum Gasteiger partial charge on any atom is -0.491 e. The number of aliphatic hydroxyl groups is 2. The first kappa shape index (κ1) is 18.5. The highest BCUT2D eigenvalue weighted by atomic mass is 16.5. The third-order valence-corrected chi connectivity index (χ3v) is 4.33. The van der Waals surface area contributed by atoms with E-state index in [4.69, 9.17) is 14.3 Å². The van der Waals surface area contributed by atoms with Crippen LogP contribution in [0.2, 0.25) is 0 Å². The SMILES string of the molecule is CC(Cc1ccc(OCCO)cc1)NCC(O)c1occ2ccccc12. The van der Waals surface area contributed by atoms with E-state index in [9.17, 15) is 5.11 Å². The van der Waals surface area contributed by atoms with Crippen LogP contribution >= 0.6 is 0 Å². The van der Waals surface area contributed by atoms with Crippen molar-refractivity contribution < 1.29 is 19.4 Å². The van der Waals surface area contributed by atoms with E-state index in [1.165, 1.54) is 5.56 Å². The highest BCUT2D eigenvalue weighted by Gasteiger charge is 2.16. The molecular weight excluding hydrogens is 330 g/mol. The molecule has 138 valence electrons. The lowest BCUT2D eigenvalue weighted by Crippen LogP contribution is -2.32. The third kappa shape index (κ3) is 4.64. The van der Waals surface area contributed by atoms with Gasteiger partial charge in [0, 0.05) is 23.4 Å². The first-order valence-electron chi connectivity index (χ1n) is 8.87. The maximum absolute atomic E-state index is 10.4. The quantitative estimate of drug-likeness (QED) is 0.550. The molecule has 0 amide bonds. The minimum atomic E-state index is -0.688. The van der Waals surface area contributed by atoms with Crippen LogP contribution in [0.4, 0.5) is 0 Å². The van der Waals surface area contributed by atoms with Crippen LogP contribution in [0.3, 0.4) is 0 Å². The number of hydrogen-bond acceptors (Lipinski definition) is 5. The van der Waals surface area contributed by atoms with Crippen LogP contribution in [0.25, 0.3) is 10.8 Å². The molecule has 3 N–H and O–H groups in total. The maximum atomic E-state index is 10.4. The summed E-state index contributed by atoms with van der Waals surface area (Å²) in [5.41, 5.74) is 1.18. The monoisotopic (exact) mass is 355 g/mol. The Morgan fingerprint density at radius 3 is 2.65 bits per heavy atom. The molecule has 0 aliphatic heterocycles. The first-order valence-corrected chi connectivity index (χ1v) is 8.87. The molecule has 3 rings (SSSR count). The van der Waals surface area contributed by atoms with Gasteiger partial charge in [0.1, 0.15) is 24.2 Å². The summed E-state index contributed by atoms with van der Waals surface area (Å²) in [7, 11) is 0. The largest absolute Gasteiger partial charge is 0.491 e. The van der Waals surface area contributed by atoms with Gasteiger partial charge in [0.2, 0.25) is 0 Å². The third-order valence-electron chi connectivity index (χ3n) is 4.33. The Labute approximate surface area is 153 Å². The van der Waals surface area contributed by atoms with Crippen molar-refractivity contribution in [3.8, 4) is 5.75 Å². The van der Waals surface area contributed by atoms with Gasteiger partial charge >= 0.3 is 0 Å². The van der Waals surface area contributed by atoms with E-state index < -0.39 is 6.10 Å². The van der Waals surface area contributed by atoms with E-state index in [0.717, 1.165) is 22.9 Å². The summed E-state index contributed by atoms with van der Waals surface area (Å²) in [5.74, 6) is 1.36. The van der Waals surface area contributed by atoms with Crippen molar-refractivity contribution in [1.82, 2.24) is 5.32 Å². The number of nitrogens with one attached hydrogen (secondary N) is 1. The molecule has 3 aromatic rings. The molecule has 0 saturated heterocycles. The van der Waals surface area contributed by atoms with Gasteiger partial charge in [-0.1, -0.05) is 36.4 Å². The smallest absolute Gasteiger partial charge is 0.141 e. The van der Waals surface area contributed by atoms with Gasteiger partial charge in [-0.15, -0.1) is 0 Å². The molecule has 5 nitrogen and oxygen atoms in total. The van der Waals surface area contributed by atoms with Crippen molar-refractivity contribution in [2.75, 3.05) is 19.8 Å². The highest BCUT2D eigenvalue weighted by molar-refractivity contribution is 5.84. The molecule has 0 aliphatic carbocycles. The topological polar surface area (TPSA) is 74.9 Å². The van der Waals surface area contributed by atoms with E-state index >= 15 is 0 Å². The Morgan fingerprint density at radius 1 is 1.12 bits per heavy atom. The van der Waals surface area contributed by atoms with E-state index in [1.54, 1.807) is 6.26 Å². The zero-order chi connectivity index (χ0) is 18.4. The molecule has 26 heavy (non-hydrogen) atoms. The van der Waals surface area contributed by atoms with E-state index in [1.807, 2.05) is 48.5 Å². The van der Waals surface area contributed by atoms with Crippen LogP contribution in [0.5, 0.6) is 5.75 Å². The van der Waals surface area contributed by atoms with Crippen molar-refractivity contribution in [3.05, 3.63) is 66.1 Å². The average Bonchev–Trinajstić information content (AvgIpc) is 3.10. The summed E-state index contributed by atoms with van der Waals surface area (Å²) in [6.45, 7) is 2.83. The molecule has 0 spiro atoms. The predicted octanol–water partition coefficient (Wildman–Crippen LogP) is 3.06. The number of ether oxygens (including phenoxy) is 1. The van der Waals surface area contributed by atoms with Gasteiger partial charge in [-0.25, -0.2) is 0 Å². The second-order valence-electron chi connectivity index (χ2n) is 6.43. The van der Waals surface area contributed by atoms with Gasteiger partial charge in [-0.3, -0.25) is 0 Å². The van der Waals surface area contributed by atoms with Crippen molar-refractivity contribution in [3.63, 3.8) is 0 Å². The molecule has 0 fully saturated rings. The van der Waals surface area contributed by atoms with Gasteiger partial charge in [0.05, 0.1) is 12.9 Å². The number of fused-ring (bicyclic) bond motifs is 1. The molecule has 2 unspecified atom stereocenters. The number of furan rings is 1. The number of aliphatic hydroxyl groups excluding tert-OH is 2. The molecule has 0 radical (unpaired) electrons. The molecule has 0 aliphatic rings. The molecule has 1 aromatic heterocycles. The molecule has 0 bridgehead atoms. The summed E-state index contributed by atoms with van der Waals surface area (Å²) in [6.07, 6.45) is 1.83. The van der Waals surface area contributed by atoms with Crippen LogP contribution in [0.15, 0.2) is 59.2 Å². The minimum absolute atomic E-state index is 0.00991. The van der Waals surface area contributed by atoms with Gasteiger partial charge in [0.15, 0.2) is 0 Å². The van der Waals surface area contributed by atoms with Crippen molar-refractivity contribution >= 4 is 10.8 Å². The van der Waals surface area contributed by atoms with Crippen molar-refractivity contribution in [2.45, 2.75) is 25.5 Å². The van der Waals surface area contributed by atoms with Gasteiger partial charge in [-0.2, -0.15) is 0 Å². The lowest BCUT2D eigenvalue weighted by Gasteiger charge is -2.17. The van der Waals surface area contributed by atoms with Gasteiger partial charge < -0.3 is 24.7 Å². The second-order valence-corrected chi connectivity index (χ2v) is 6.43. The summed E-state index contributed by atoms with van der Waals surface area (Å²) in [4.78, 5) is 0. The van der Waals surface area contributed by atoms with Crippen LogP contribution < -0.4 is 10.1 Å². The van der Waals surface area contributed by atoms with Crippen LogP contribution in [-0.2, 0) is 6.42 Å². The molecule has 2 atom stereocenters. The Hall–Kier alpha value is -2.34. The second kappa shape index (κ2) is 8.85. The molecule has 1 heterocycles.